The average Bonchev–Trinajstić information content (AvgIpc) is 3.25. The van der Waals surface area contributed by atoms with E-state index in [0.717, 1.165) is 51.9 Å². The van der Waals surface area contributed by atoms with Crippen LogP contribution in [0, 0.1) is 23.6 Å². The lowest BCUT2D eigenvalue weighted by Crippen LogP contribution is -2.51. The van der Waals surface area contributed by atoms with Crippen molar-refractivity contribution in [3.63, 3.8) is 0 Å². The number of likely N-dealkylation sites (tertiary alicyclic amines) is 1. The van der Waals surface area contributed by atoms with Gasteiger partial charge < -0.3 is 24.6 Å². The number of benzene rings is 2. The Labute approximate surface area is 254 Å². The van der Waals surface area contributed by atoms with Gasteiger partial charge in [0.05, 0.1) is 25.0 Å². The molecule has 2 bridgehead atoms. The van der Waals surface area contributed by atoms with E-state index in [1.54, 1.807) is 24.5 Å². The fourth-order valence-corrected chi connectivity index (χ4v) is 7.34. The van der Waals surface area contributed by atoms with Gasteiger partial charge in [0, 0.05) is 55.6 Å². The van der Waals surface area contributed by atoms with E-state index in [2.05, 4.69) is 26.0 Å². The number of alkyl halides is 1. The van der Waals surface area contributed by atoms with Gasteiger partial charge in [-0.15, -0.1) is 6.42 Å². The molecule has 3 atom stereocenters. The van der Waals surface area contributed by atoms with Gasteiger partial charge in [0.25, 0.3) is 0 Å². The van der Waals surface area contributed by atoms with Crippen molar-refractivity contribution in [3.05, 3.63) is 47.5 Å². The zero-order chi connectivity index (χ0) is 30.0. The van der Waals surface area contributed by atoms with Crippen molar-refractivity contribution in [2.24, 2.45) is 5.41 Å². The molecular formula is C33H35F2N7O2. The number of rotatable bonds is 8. The summed E-state index contributed by atoms with van der Waals surface area (Å²) in [5.74, 6) is 3.09. The van der Waals surface area contributed by atoms with Crippen LogP contribution in [0.2, 0.25) is 0 Å². The maximum atomic E-state index is 14.8. The standard InChI is InChI=1S/C33H35F2N7O2/c1-2-26-27(35)6-3-20-11-25(43)12-21(28(20)26)13-42-19-36-29-30(42)38-32(41-15-23-4-5-24(16-41)37-23)39-31(29)44-18-33(8-9-33)17-40-10-7-22(34)14-40/h1,3,6,11-12,19,22-24,37,43H,4-5,7-10,13-18H2/t22-,23?,24?/m1/s1. The normalized spacial score (nSPS) is 24.3. The van der Waals surface area contributed by atoms with Gasteiger partial charge in [-0.2, -0.15) is 9.97 Å². The van der Waals surface area contributed by atoms with Crippen molar-refractivity contribution < 1.29 is 18.6 Å². The molecule has 3 saturated heterocycles. The number of hydrogen-bond acceptors (Lipinski definition) is 8. The minimum absolute atomic E-state index is 0.00556. The van der Waals surface area contributed by atoms with Gasteiger partial charge >= 0.3 is 0 Å². The number of aromatic hydroxyl groups is 1. The number of ether oxygens (including phenoxy) is 1. The molecule has 4 aromatic rings. The first-order chi connectivity index (χ1) is 21.4. The van der Waals surface area contributed by atoms with Gasteiger partial charge in [0.1, 0.15) is 17.7 Å². The van der Waals surface area contributed by atoms with E-state index < -0.39 is 12.0 Å². The topological polar surface area (TPSA) is 91.6 Å². The molecule has 8 rings (SSSR count). The van der Waals surface area contributed by atoms with Crippen molar-refractivity contribution >= 4 is 27.9 Å². The summed E-state index contributed by atoms with van der Waals surface area (Å²) >= 11 is 0. The minimum atomic E-state index is -0.745. The highest BCUT2D eigenvalue weighted by Crippen LogP contribution is 2.47. The number of anilines is 1. The molecular weight excluding hydrogens is 564 g/mol. The van der Waals surface area contributed by atoms with E-state index in [0.29, 0.717) is 71.0 Å². The van der Waals surface area contributed by atoms with Gasteiger partial charge in [-0.05, 0) is 61.3 Å². The summed E-state index contributed by atoms with van der Waals surface area (Å²) in [5, 5.41) is 15.4. The first kappa shape index (κ1) is 27.5. The van der Waals surface area contributed by atoms with Gasteiger partial charge in [0.15, 0.2) is 11.2 Å². The fraction of sp³-hybridized carbons (Fsp3) is 0.485. The van der Waals surface area contributed by atoms with Crippen LogP contribution in [0.1, 0.15) is 43.2 Å². The van der Waals surface area contributed by atoms with E-state index in [4.69, 9.17) is 21.1 Å². The number of terminal acetylenes is 1. The number of imidazole rings is 1. The molecule has 2 aromatic carbocycles. The summed E-state index contributed by atoms with van der Waals surface area (Å²) in [7, 11) is 0. The highest BCUT2D eigenvalue weighted by molar-refractivity contribution is 5.92. The predicted molar refractivity (Wildman–Crippen MR) is 163 cm³/mol. The lowest BCUT2D eigenvalue weighted by atomic mass is 9.98. The van der Waals surface area contributed by atoms with Crippen molar-refractivity contribution in [2.75, 3.05) is 44.2 Å². The SMILES string of the molecule is C#Cc1c(F)ccc2cc(O)cc(Cn3cnc4c(OCC5(CN6CC[C@@H](F)C6)CC5)nc(N5CC6CCC(C5)N6)nc43)c12. The molecule has 3 aliphatic heterocycles. The van der Waals surface area contributed by atoms with Crippen LogP contribution in [-0.4, -0.2) is 87.1 Å². The lowest BCUT2D eigenvalue weighted by molar-refractivity contribution is 0.170. The third-order valence-electron chi connectivity index (χ3n) is 9.78. The number of phenolic OH excluding ortho intramolecular Hbond substituents is 1. The number of nitrogens with zero attached hydrogens (tertiary/aromatic N) is 6. The van der Waals surface area contributed by atoms with Crippen molar-refractivity contribution in [3.8, 4) is 24.0 Å². The Bertz CT molecular complexity index is 1790. The first-order valence-electron chi connectivity index (χ1n) is 15.5. The van der Waals surface area contributed by atoms with E-state index in [1.807, 2.05) is 4.57 Å². The predicted octanol–water partition coefficient (Wildman–Crippen LogP) is 4.00. The molecule has 9 nitrogen and oxygen atoms in total. The number of halogens is 2. The van der Waals surface area contributed by atoms with Crippen molar-refractivity contribution in [1.82, 2.24) is 29.7 Å². The number of piperazine rings is 1. The summed E-state index contributed by atoms with van der Waals surface area (Å²) in [6, 6.07) is 6.93. The molecule has 2 N–H and O–H groups in total. The molecule has 2 aromatic heterocycles. The van der Waals surface area contributed by atoms with Crippen LogP contribution in [0.25, 0.3) is 21.9 Å². The Hall–Kier alpha value is -4.01. The zero-order valence-corrected chi connectivity index (χ0v) is 24.5. The van der Waals surface area contributed by atoms with Crippen molar-refractivity contribution in [1.29, 1.82) is 0 Å². The van der Waals surface area contributed by atoms with Crippen LogP contribution in [0.15, 0.2) is 30.6 Å². The van der Waals surface area contributed by atoms with Gasteiger partial charge in [0.2, 0.25) is 11.8 Å². The Morgan fingerprint density at radius 3 is 2.66 bits per heavy atom. The molecule has 0 radical (unpaired) electrons. The van der Waals surface area contributed by atoms with Gasteiger partial charge in [-0.1, -0.05) is 12.0 Å². The smallest absolute Gasteiger partial charge is 0.247 e. The summed E-state index contributed by atoms with van der Waals surface area (Å²) in [5.41, 5.74) is 1.94. The van der Waals surface area contributed by atoms with E-state index in [9.17, 15) is 13.9 Å². The number of nitrogens with one attached hydrogen (secondary N) is 1. The molecule has 5 heterocycles. The maximum Gasteiger partial charge on any atom is 0.247 e. The molecule has 2 unspecified atom stereocenters. The highest BCUT2D eigenvalue weighted by atomic mass is 19.1. The van der Waals surface area contributed by atoms with E-state index in [-0.39, 0.29) is 23.3 Å². The van der Waals surface area contributed by atoms with Crippen molar-refractivity contribution in [2.45, 2.75) is 56.9 Å². The monoisotopic (exact) mass is 599 g/mol. The zero-order valence-electron chi connectivity index (χ0n) is 24.5. The van der Waals surface area contributed by atoms with Crippen LogP contribution in [0.4, 0.5) is 14.7 Å². The highest BCUT2D eigenvalue weighted by Gasteiger charge is 2.46. The van der Waals surface area contributed by atoms with Gasteiger partial charge in [-0.25, -0.2) is 13.8 Å². The third-order valence-corrected chi connectivity index (χ3v) is 9.78. The van der Waals surface area contributed by atoms with Crippen LogP contribution >= 0.6 is 0 Å². The fourth-order valence-electron chi connectivity index (χ4n) is 7.34. The first-order valence-corrected chi connectivity index (χ1v) is 15.5. The molecule has 0 spiro atoms. The molecule has 11 heteroatoms. The summed E-state index contributed by atoms with van der Waals surface area (Å²) in [4.78, 5) is 19.0. The number of fused-ring (bicyclic) bond motifs is 4. The van der Waals surface area contributed by atoms with E-state index >= 15 is 0 Å². The quantitative estimate of drug-likeness (QED) is 0.294. The summed E-state index contributed by atoms with van der Waals surface area (Å²) in [6.07, 6.45) is 11.6. The number of phenols is 1. The third kappa shape index (κ3) is 5.00. The molecule has 0 amide bonds. The molecule has 228 valence electrons. The molecule has 1 aliphatic carbocycles. The largest absolute Gasteiger partial charge is 0.508 e. The second-order valence-electron chi connectivity index (χ2n) is 13.1. The summed E-state index contributed by atoms with van der Waals surface area (Å²) < 4.78 is 37.0. The van der Waals surface area contributed by atoms with Crippen LogP contribution in [0.3, 0.4) is 0 Å². The second-order valence-corrected chi connectivity index (χ2v) is 13.1. The molecule has 44 heavy (non-hydrogen) atoms. The second kappa shape index (κ2) is 10.6. The van der Waals surface area contributed by atoms with Crippen LogP contribution in [-0.2, 0) is 6.54 Å². The number of aromatic nitrogens is 4. The molecule has 1 saturated carbocycles. The van der Waals surface area contributed by atoms with Crippen LogP contribution in [0.5, 0.6) is 11.6 Å². The lowest BCUT2D eigenvalue weighted by Gasteiger charge is -2.33. The number of hydrogen-bond donors (Lipinski definition) is 2. The minimum Gasteiger partial charge on any atom is -0.508 e. The molecule has 4 fully saturated rings. The Morgan fingerprint density at radius 2 is 1.93 bits per heavy atom. The Balaban J connectivity index is 1.16. The average molecular weight is 600 g/mol. The maximum absolute atomic E-state index is 14.8. The van der Waals surface area contributed by atoms with Gasteiger partial charge in [-0.3, -0.25) is 4.90 Å². The van der Waals surface area contributed by atoms with E-state index in [1.165, 1.54) is 6.07 Å². The summed E-state index contributed by atoms with van der Waals surface area (Å²) in [6.45, 7) is 4.45. The Morgan fingerprint density at radius 1 is 1.11 bits per heavy atom. The Kier molecular flexibility index (Phi) is 6.61. The van der Waals surface area contributed by atoms with Crippen LogP contribution < -0.4 is 15.0 Å². The molecule has 4 aliphatic rings.